The van der Waals surface area contributed by atoms with E-state index in [0.717, 1.165) is 5.56 Å². The number of urea groups is 1. The van der Waals surface area contributed by atoms with E-state index in [-0.39, 0.29) is 6.03 Å². The summed E-state index contributed by atoms with van der Waals surface area (Å²) >= 11 is 0. The molecule has 138 valence electrons. The number of benzene rings is 2. The van der Waals surface area contributed by atoms with Gasteiger partial charge in [-0.15, -0.1) is 0 Å². The molecule has 0 bridgehead atoms. The molecule has 1 unspecified atom stereocenters. The lowest BCUT2D eigenvalue weighted by Gasteiger charge is -2.09. The Morgan fingerprint density at radius 2 is 1.70 bits per heavy atom. The molecule has 3 rings (SSSR count). The van der Waals surface area contributed by atoms with Gasteiger partial charge in [0, 0.05) is 36.0 Å². The number of nitrogens with zero attached hydrogens (tertiary/aromatic N) is 1. The highest BCUT2D eigenvalue weighted by molar-refractivity contribution is 7.86. The third-order valence-corrected chi connectivity index (χ3v) is 4.74. The average Bonchev–Trinajstić information content (AvgIpc) is 2.69. The maximum absolute atomic E-state index is 12.3. The van der Waals surface area contributed by atoms with E-state index in [0.29, 0.717) is 28.5 Å². The molecule has 2 amide bonds. The summed E-state index contributed by atoms with van der Waals surface area (Å²) in [5, 5.41) is 5.50. The third kappa shape index (κ3) is 5.55. The minimum atomic E-state index is -1.40. The molecule has 0 aliphatic carbocycles. The molecule has 0 saturated carbocycles. The van der Waals surface area contributed by atoms with Gasteiger partial charge in [-0.3, -0.25) is 4.98 Å². The highest BCUT2D eigenvalue weighted by Crippen LogP contribution is 2.17. The van der Waals surface area contributed by atoms with E-state index in [4.69, 9.17) is 5.73 Å². The Morgan fingerprint density at radius 1 is 1.00 bits per heavy atom. The Labute approximate surface area is 159 Å². The molecule has 2 aromatic carbocycles. The number of nitrogens with two attached hydrogens (primary N) is 1. The van der Waals surface area contributed by atoms with Crippen LogP contribution in [0.5, 0.6) is 0 Å². The van der Waals surface area contributed by atoms with Crippen molar-refractivity contribution >= 4 is 34.1 Å². The molecule has 5 N–H and O–H groups in total. The van der Waals surface area contributed by atoms with Crippen molar-refractivity contribution in [3.8, 4) is 0 Å². The molecular formula is C19H19N5O2S. The van der Waals surface area contributed by atoms with Crippen LogP contribution in [0.25, 0.3) is 0 Å². The number of carbonyl (C=O) groups excluding carboxylic acids is 1. The van der Waals surface area contributed by atoms with Gasteiger partial charge in [0.15, 0.2) is 0 Å². The predicted octanol–water partition coefficient (Wildman–Crippen LogP) is 3.12. The van der Waals surface area contributed by atoms with Gasteiger partial charge in [0.25, 0.3) is 0 Å². The van der Waals surface area contributed by atoms with Gasteiger partial charge in [0.05, 0.1) is 4.90 Å². The maximum atomic E-state index is 12.3. The number of nitrogens with one attached hydrogen (secondary N) is 3. The van der Waals surface area contributed by atoms with Crippen LogP contribution < -0.4 is 21.1 Å². The summed E-state index contributed by atoms with van der Waals surface area (Å²) in [7, 11) is -1.40. The number of pyridine rings is 1. The summed E-state index contributed by atoms with van der Waals surface area (Å²) in [6.45, 7) is 0.389. The number of aromatic nitrogens is 1. The van der Waals surface area contributed by atoms with E-state index in [2.05, 4.69) is 20.3 Å². The molecule has 0 aliphatic heterocycles. The van der Waals surface area contributed by atoms with Crippen LogP contribution in [-0.2, 0) is 17.5 Å². The molecule has 7 nitrogen and oxygen atoms in total. The van der Waals surface area contributed by atoms with Crippen LogP contribution in [-0.4, -0.2) is 15.2 Å². The number of rotatable bonds is 6. The Hall–Kier alpha value is -3.39. The van der Waals surface area contributed by atoms with Crippen LogP contribution in [0.15, 0.2) is 78.0 Å². The van der Waals surface area contributed by atoms with E-state index < -0.39 is 11.0 Å². The largest absolute Gasteiger partial charge is 0.399 e. The summed E-state index contributed by atoms with van der Waals surface area (Å²) < 4.78 is 15.2. The van der Waals surface area contributed by atoms with Crippen LogP contribution in [0.2, 0.25) is 0 Å². The van der Waals surface area contributed by atoms with E-state index >= 15 is 0 Å². The molecule has 3 aromatic rings. The predicted molar refractivity (Wildman–Crippen MR) is 107 cm³/mol. The quantitative estimate of drug-likeness (QED) is 0.492. The second-order valence-corrected chi connectivity index (χ2v) is 6.90. The van der Waals surface area contributed by atoms with Crippen molar-refractivity contribution < 1.29 is 9.00 Å². The van der Waals surface area contributed by atoms with Crippen LogP contribution >= 0.6 is 0 Å². The fourth-order valence-electron chi connectivity index (χ4n) is 2.24. The summed E-state index contributed by atoms with van der Waals surface area (Å²) in [4.78, 5) is 16.6. The standard InChI is InChI=1S/C19H19N5O2S/c20-15-3-9-18(10-4-15)27(26)24-17-7-5-16(6-8-17)23-19(25)22-13-14-2-1-11-21-12-14/h1-12,24H,13,20H2,(H2,22,23,25). The molecular weight excluding hydrogens is 362 g/mol. The molecule has 0 spiro atoms. The van der Waals surface area contributed by atoms with Crippen molar-refractivity contribution in [2.45, 2.75) is 11.4 Å². The van der Waals surface area contributed by atoms with Gasteiger partial charge >= 0.3 is 6.03 Å². The molecule has 1 atom stereocenters. The average molecular weight is 381 g/mol. The fraction of sp³-hybridized carbons (Fsp3) is 0.0526. The van der Waals surface area contributed by atoms with E-state index in [1.54, 1.807) is 60.9 Å². The molecule has 1 heterocycles. The normalized spacial score (nSPS) is 11.4. The summed E-state index contributed by atoms with van der Waals surface area (Å²) in [6, 6.07) is 17.1. The molecule has 0 fully saturated rings. The molecule has 0 saturated heterocycles. The van der Waals surface area contributed by atoms with Crippen molar-refractivity contribution in [3.05, 3.63) is 78.6 Å². The number of anilines is 3. The minimum absolute atomic E-state index is 0.315. The smallest absolute Gasteiger partial charge is 0.319 e. The highest BCUT2D eigenvalue weighted by atomic mass is 32.2. The lowest BCUT2D eigenvalue weighted by Crippen LogP contribution is -2.28. The topological polar surface area (TPSA) is 109 Å². The second kappa shape index (κ2) is 8.81. The fourth-order valence-corrected chi connectivity index (χ4v) is 3.09. The molecule has 1 aromatic heterocycles. The van der Waals surface area contributed by atoms with Gasteiger partial charge in [-0.25, -0.2) is 9.00 Å². The van der Waals surface area contributed by atoms with Crippen LogP contribution in [0.3, 0.4) is 0 Å². The van der Waals surface area contributed by atoms with Crippen LogP contribution in [0.4, 0.5) is 21.9 Å². The first-order chi connectivity index (χ1) is 13.1. The van der Waals surface area contributed by atoms with Gasteiger partial charge in [-0.2, -0.15) is 0 Å². The van der Waals surface area contributed by atoms with E-state index in [9.17, 15) is 9.00 Å². The molecule has 27 heavy (non-hydrogen) atoms. The summed E-state index contributed by atoms with van der Waals surface area (Å²) in [6.07, 6.45) is 3.38. The second-order valence-electron chi connectivity index (χ2n) is 5.69. The van der Waals surface area contributed by atoms with Crippen LogP contribution in [0, 0.1) is 0 Å². The van der Waals surface area contributed by atoms with Crippen molar-refractivity contribution in [2.24, 2.45) is 0 Å². The Bertz CT molecular complexity index is 915. The lowest BCUT2D eigenvalue weighted by atomic mass is 10.3. The van der Waals surface area contributed by atoms with E-state index in [1.165, 1.54) is 0 Å². The first-order valence-electron chi connectivity index (χ1n) is 8.18. The number of amides is 2. The highest BCUT2D eigenvalue weighted by Gasteiger charge is 2.05. The number of hydrogen-bond donors (Lipinski definition) is 4. The first kappa shape index (κ1) is 18.4. The van der Waals surface area contributed by atoms with Gasteiger partial charge in [-0.1, -0.05) is 6.07 Å². The third-order valence-electron chi connectivity index (χ3n) is 3.62. The zero-order valence-corrected chi connectivity index (χ0v) is 15.2. The molecule has 0 aliphatic rings. The summed E-state index contributed by atoms with van der Waals surface area (Å²) in [5.74, 6) is 0. The monoisotopic (exact) mass is 381 g/mol. The Balaban J connectivity index is 1.51. The minimum Gasteiger partial charge on any atom is -0.399 e. The van der Waals surface area contributed by atoms with Gasteiger partial charge in [0.1, 0.15) is 11.0 Å². The molecule has 0 radical (unpaired) electrons. The Kier molecular flexibility index (Phi) is 6.01. The number of carbonyl (C=O) groups is 1. The van der Waals surface area contributed by atoms with Gasteiger partial charge in [-0.05, 0) is 60.2 Å². The summed E-state index contributed by atoms with van der Waals surface area (Å²) in [5.41, 5.74) is 8.46. The van der Waals surface area contributed by atoms with Crippen LogP contribution in [0.1, 0.15) is 5.56 Å². The SMILES string of the molecule is Nc1ccc(S(=O)Nc2ccc(NC(=O)NCc3cccnc3)cc2)cc1. The van der Waals surface area contributed by atoms with Gasteiger partial charge in [0.2, 0.25) is 0 Å². The van der Waals surface area contributed by atoms with Crippen molar-refractivity contribution in [1.82, 2.24) is 10.3 Å². The Morgan fingerprint density at radius 3 is 2.37 bits per heavy atom. The zero-order valence-electron chi connectivity index (χ0n) is 14.4. The van der Waals surface area contributed by atoms with Crippen molar-refractivity contribution in [2.75, 3.05) is 15.8 Å². The number of nitrogen functional groups attached to an aromatic ring is 1. The maximum Gasteiger partial charge on any atom is 0.319 e. The van der Waals surface area contributed by atoms with Gasteiger partial charge < -0.3 is 21.1 Å². The lowest BCUT2D eigenvalue weighted by molar-refractivity contribution is 0.251. The number of hydrogen-bond acceptors (Lipinski definition) is 4. The first-order valence-corrected chi connectivity index (χ1v) is 9.33. The van der Waals surface area contributed by atoms with Crippen molar-refractivity contribution in [1.29, 1.82) is 0 Å². The molecule has 8 heteroatoms. The van der Waals surface area contributed by atoms with E-state index in [1.807, 2.05) is 12.1 Å². The van der Waals surface area contributed by atoms with Crippen molar-refractivity contribution in [3.63, 3.8) is 0 Å². The zero-order chi connectivity index (χ0) is 19.1.